The average Bonchev–Trinajstić information content (AvgIpc) is 3.21. The molecule has 0 aliphatic heterocycles. The minimum Gasteiger partial charge on any atom is -0.452 e. The Balaban J connectivity index is 0.00000210. The van der Waals surface area contributed by atoms with Crippen molar-refractivity contribution >= 4 is 29.1 Å². The van der Waals surface area contributed by atoms with Gasteiger partial charge in [0.1, 0.15) is 6.10 Å². The Labute approximate surface area is 163 Å². The number of hydrogen-bond acceptors (Lipinski definition) is 3. The van der Waals surface area contributed by atoms with E-state index >= 15 is 0 Å². The van der Waals surface area contributed by atoms with Crippen molar-refractivity contribution in [1.82, 2.24) is 9.55 Å². The first-order chi connectivity index (χ1) is 12.8. The number of benzene rings is 3. The highest BCUT2D eigenvalue weighted by Crippen LogP contribution is 2.25. The lowest BCUT2D eigenvalue weighted by atomic mass is 10.0. The van der Waals surface area contributed by atoms with Crippen molar-refractivity contribution in [2.45, 2.75) is 12.6 Å². The third-order valence-corrected chi connectivity index (χ3v) is 4.34. The maximum absolute atomic E-state index is 12.6. The van der Waals surface area contributed by atoms with E-state index < -0.39 is 6.10 Å². The van der Waals surface area contributed by atoms with Gasteiger partial charge in [0.25, 0.3) is 0 Å². The van der Waals surface area contributed by atoms with Crippen LogP contribution in [-0.2, 0) is 11.3 Å². The molecule has 0 saturated carbocycles. The van der Waals surface area contributed by atoms with Crippen LogP contribution in [0, 0.1) is 0 Å². The second-order valence-corrected chi connectivity index (χ2v) is 6.13. The van der Waals surface area contributed by atoms with Crippen LogP contribution in [-0.4, -0.2) is 15.5 Å². The Morgan fingerprint density at radius 1 is 0.963 bits per heavy atom. The van der Waals surface area contributed by atoms with Crippen LogP contribution in [0.3, 0.4) is 0 Å². The van der Waals surface area contributed by atoms with Gasteiger partial charge in [-0.1, -0.05) is 54.6 Å². The Kier molecular flexibility index (Phi) is 5.89. The normalized spacial score (nSPS) is 11.6. The number of fused-ring (bicyclic) bond motifs is 1. The molecule has 0 aliphatic rings. The van der Waals surface area contributed by atoms with E-state index in [1.54, 1.807) is 24.7 Å². The van der Waals surface area contributed by atoms with Crippen LogP contribution < -0.4 is 0 Å². The molecule has 0 bridgehead atoms. The fourth-order valence-corrected chi connectivity index (χ4v) is 2.98. The van der Waals surface area contributed by atoms with Gasteiger partial charge in [-0.3, -0.25) is 0 Å². The molecule has 136 valence electrons. The smallest absolute Gasteiger partial charge is 0.338 e. The van der Waals surface area contributed by atoms with E-state index in [-0.39, 0.29) is 18.4 Å². The predicted molar refractivity (Wildman–Crippen MR) is 108 cm³/mol. The summed E-state index contributed by atoms with van der Waals surface area (Å²) in [5, 5.41) is 2.28. The number of carbonyl (C=O) groups is 1. The minimum absolute atomic E-state index is 0. The van der Waals surface area contributed by atoms with Crippen LogP contribution in [0.4, 0.5) is 0 Å². The second-order valence-electron chi connectivity index (χ2n) is 6.13. The van der Waals surface area contributed by atoms with Gasteiger partial charge >= 0.3 is 5.97 Å². The van der Waals surface area contributed by atoms with Gasteiger partial charge in [0.05, 0.1) is 18.4 Å². The summed E-state index contributed by atoms with van der Waals surface area (Å²) in [7, 11) is 0. The number of carbonyl (C=O) groups excluding carboxylic acids is 1. The molecule has 1 unspecified atom stereocenters. The van der Waals surface area contributed by atoms with Crippen molar-refractivity contribution < 1.29 is 9.53 Å². The van der Waals surface area contributed by atoms with E-state index in [0.29, 0.717) is 12.1 Å². The van der Waals surface area contributed by atoms with Gasteiger partial charge < -0.3 is 9.30 Å². The molecular formula is C22H19ClN2O2. The lowest BCUT2D eigenvalue weighted by molar-refractivity contribution is 0.0255. The molecule has 3 aromatic carbocycles. The third kappa shape index (κ3) is 4.36. The maximum atomic E-state index is 12.6. The lowest BCUT2D eigenvalue weighted by Gasteiger charge is -2.19. The SMILES string of the molecule is Cl.O=C(OC(Cn1ccnc1)c1ccc2ccccc2c1)c1ccccc1. The number of halogens is 1. The summed E-state index contributed by atoms with van der Waals surface area (Å²) in [4.78, 5) is 16.7. The fraction of sp³-hybridized carbons (Fsp3) is 0.0909. The summed E-state index contributed by atoms with van der Waals surface area (Å²) in [5.41, 5.74) is 1.51. The van der Waals surface area contributed by atoms with E-state index in [1.165, 1.54) is 0 Å². The highest BCUT2D eigenvalue weighted by Gasteiger charge is 2.19. The largest absolute Gasteiger partial charge is 0.452 e. The van der Waals surface area contributed by atoms with Crippen LogP contribution >= 0.6 is 12.4 Å². The standard InChI is InChI=1S/C22H18N2O2.ClH/c25-22(18-7-2-1-3-8-18)26-21(15-24-13-12-23-16-24)20-11-10-17-6-4-5-9-19(17)14-20;/h1-14,16,21H,15H2;1H. The van der Waals surface area contributed by atoms with E-state index in [0.717, 1.165) is 16.3 Å². The molecule has 1 heterocycles. The second kappa shape index (κ2) is 8.52. The first kappa shape index (κ1) is 18.7. The molecule has 4 aromatic rings. The number of ether oxygens (including phenoxy) is 1. The summed E-state index contributed by atoms with van der Waals surface area (Å²) < 4.78 is 7.77. The van der Waals surface area contributed by atoms with Crippen molar-refractivity contribution in [2.75, 3.05) is 0 Å². The minimum atomic E-state index is -0.401. The third-order valence-electron chi connectivity index (χ3n) is 4.34. The molecule has 0 saturated heterocycles. The van der Waals surface area contributed by atoms with Gasteiger partial charge in [0, 0.05) is 12.4 Å². The molecule has 1 aromatic heterocycles. The predicted octanol–water partition coefficient (Wildman–Crippen LogP) is 5.06. The zero-order valence-corrected chi connectivity index (χ0v) is 15.4. The molecule has 4 nitrogen and oxygen atoms in total. The Morgan fingerprint density at radius 3 is 2.44 bits per heavy atom. The molecule has 5 heteroatoms. The molecule has 27 heavy (non-hydrogen) atoms. The molecule has 0 spiro atoms. The van der Waals surface area contributed by atoms with Gasteiger partial charge in [0.2, 0.25) is 0 Å². The average molecular weight is 379 g/mol. The van der Waals surface area contributed by atoms with Crippen LogP contribution in [0.15, 0.2) is 91.5 Å². The molecular weight excluding hydrogens is 360 g/mol. The highest BCUT2D eigenvalue weighted by molar-refractivity contribution is 5.89. The van der Waals surface area contributed by atoms with E-state index in [1.807, 2.05) is 47.2 Å². The number of rotatable bonds is 5. The van der Waals surface area contributed by atoms with Crippen LogP contribution in [0.5, 0.6) is 0 Å². The van der Waals surface area contributed by atoms with Crippen molar-refractivity contribution in [1.29, 1.82) is 0 Å². The van der Waals surface area contributed by atoms with Crippen molar-refractivity contribution in [2.24, 2.45) is 0 Å². The maximum Gasteiger partial charge on any atom is 0.338 e. The summed E-state index contributed by atoms with van der Waals surface area (Å²) >= 11 is 0. The van der Waals surface area contributed by atoms with Gasteiger partial charge in [-0.05, 0) is 34.5 Å². The van der Waals surface area contributed by atoms with E-state index in [2.05, 4.69) is 29.2 Å². The van der Waals surface area contributed by atoms with Gasteiger partial charge in [0.15, 0.2) is 0 Å². The number of esters is 1. The first-order valence-corrected chi connectivity index (χ1v) is 8.50. The van der Waals surface area contributed by atoms with Crippen LogP contribution in [0.1, 0.15) is 22.0 Å². The monoisotopic (exact) mass is 378 g/mol. The van der Waals surface area contributed by atoms with Crippen LogP contribution in [0.2, 0.25) is 0 Å². The lowest BCUT2D eigenvalue weighted by Crippen LogP contribution is -2.16. The number of nitrogens with zero attached hydrogens (tertiary/aromatic N) is 2. The topological polar surface area (TPSA) is 44.1 Å². The van der Waals surface area contributed by atoms with Gasteiger partial charge in [-0.15, -0.1) is 12.4 Å². The zero-order chi connectivity index (χ0) is 17.8. The molecule has 0 radical (unpaired) electrons. The Bertz CT molecular complexity index is 1020. The fourth-order valence-electron chi connectivity index (χ4n) is 2.98. The molecule has 0 N–H and O–H groups in total. The van der Waals surface area contributed by atoms with Gasteiger partial charge in [-0.25, -0.2) is 9.78 Å². The van der Waals surface area contributed by atoms with E-state index in [4.69, 9.17) is 4.74 Å². The number of hydrogen-bond donors (Lipinski definition) is 0. The first-order valence-electron chi connectivity index (χ1n) is 8.50. The molecule has 0 fully saturated rings. The number of aromatic nitrogens is 2. The Morgan fingerprint density at radius 2 is 1.70 bits per heavy atom. The zero-order valence-electron chi connectivity index (χ0n) is 14.6. The highest BCUT2D eigenvalue weighted by atomic mass is 35.5. The molecule has 1 atom stereocenters. The number of imidazole rings is 1. The Hall–Kier alpha value is -3.11. The van der Waals surface area contributed by atoms with Crippen molar-refractivity contribution in [3.63, 3.8) is 0 Å². The van der Waals surface area contributed by atoms with Crippen molar-refractivity contribution in [3.8, 4) is 0 Å². The molecule has 0 aliphatic carbocycles. The quantitative estimate of drug-likeness (QED) is 0.456. The van der Waals surface area contributed by atoms with Gasteiger partial charge in [-0.2, -0.15) is 0 Å². The summed E-state index contributed by atoms with van der Waals surface area (Å²) in [6.45, 7) is 0.511. The summed E-state index contributed by atoms with van der Waals surface area (Å²) in [5.74, 6) is -0.330. The summed E-state index contributed by atoms with van der Waals surface area (Å²) in [6.07, 6.45) is 4.91. The summed E-state index contributed by atoms with van der Waals surface area (Å²) in [6, 6.07) is 23.4. The van der Waals surface area contributed by atoms with Crippen molar-refractivity contribution in [3.05, 3.63) is 103 Å². The van der Waals surface area contributed by atoms with Crippen LogP contribution in [0.25, 0.3) is 10.8 Å². The van der Waals surface area contributed by atoms with E-state index in [9.17, 15) is 4.79 Å². The molecule has 0 amide bonds. The molecule has 4 rings (SSSR count).